The maximum atomic E-state index is 12.9. The van der Waals surface area contributed by atoms with Crippen LogP contribution in [0.25, 0.3) is 5.69 Å². The third kappa shape index (κ3) is 2.34. The van der Waals surface area contributed by atoms with Crippen LogP contribution in [-0.4, -0.2) is 33.8 Å². The highest BCUT2D eigenvalue weighted by atomic mass is 32.1. The van der Waals surface area contributed by atoms with Crippen LogP contribution >= 0.6 is 12.2 Å². The van der Waals surface area contributed by atoms with Crippen molar-refractivity contribution in [2.45, 2.75) is 13.0 Å². The fourth-order valence-electron chi connectivity index (χ4n) is 1.66. The molecule has 1 heterocycles. The normalized spacial score (nSPS) is 12.9. The molecule has 0 fully saturated rings. The number of halogens is 1. The number of hydrogen-bond donors (Lipinski definition) is 1. The Morgan fingerprint density at radius 1 is 1.33 bits per heavy atom. The van der Waals surface area contributed by atoms with Crippen molar-refractivity contribution in [2.75, 3.05) is 14.1 Å². The zero-order chi connectivity index (χ0) is 13.3. The molecule has 1 N–H and O–H groups in total. The molecule has 2 aromatic rings. The van der Waals surface area contributed by atoms with Crippen LogP contribution in [0.5, 0.6) is 0 Å². The van der Waals surface area contributed by atoms with E-state index < -0.39 is 0 Å². The Morgan fingerprint density at radius 3 is 2.50 bits per heavy atom. The SMILES string of the molecule is C[C@@H](c1n[nH]c(=S)n1-c1ccc(F)cc1)N(C)C. The molecule has 96 valence electrons. The molecule has 1 atom stereocenters. The molecule has 0 unspecified atom stereocenters. The van der Waals surface area contributed by atoms with E-state index in [4.69, 9.17) is 12.2 Å². The summed E-state index contributed by atoms with van der Waals surface area (Å²) in [5, 5.41) is 7.03. The predicted octanol–water partition coefficient (Wildman–Crippen LogP) is 2.69. The Kier molecular flexibility index (Phi) is 3.58. The highest BCUT2D eigenvalue weighted by molar-refractivity contribution is 7.71. The molecule has 4 nitrogen and oxygen atoms in total. The minimum atomic E-state index is -0.268. The fourth-order valence-corrected chi connectivity index (χ4v) is 1.90. The summed E-state index contributed by atoms with van der Waals surface area (Å²) in [7, 11) is 3.94. The third-order valence-electron chi connectivity index (χ3n) is 2.93. The zero-order valence-corrected chi connectivity index (χ0v) is 11.3. The van der Waals surface area contributed by atoms with E-state index >= 15 is 0 Å². The van der Waals surface area contributed by atoms with Gasteiger partial charge in [0.05, 0.1) is 6.04 Å². The molecule has 0 aliphatic carbocycles. The van der Waals surface area contributed by atoms with E-state index in [0.717, 1.165) is 11.5 Å². The number of aromatic amines is 1. The average molecular weight is 266 g/mol. The minimum Gasteiger partial charge on any atom is -0.300 e. The summed E-state index contributed by atoms with van der Waals surface area (Å²) in [6.45, 7) is 2.03. The molecular weight excluding hydrogens is 251 g/mol. The lowest BCUT2D eigenvalue weighted by Crippen LogP contribution is -2.20. The topological polar surface area (TPSA) is 36.9 Å². The first-order valence-electron chi connectivity index (χ1n) is 5.60. The number of benzene rings is 1. The molecular formula is C12H15FN4S. The molecule has 0 radical (unpaired) electrons. The lowest BCUT2D eigenvalue weighted by Gasteiger charge is -2.19. The van der Waals surface area contributed by atoms with Gasteiger partial charge in [-0.15, -0.1) is 0 Å². The maximum Gasteiger partial charge on any atom is 0.199 e. The summed E-state index contributed by atoms with van der Waals surface area (Å²) >= 11 is 5.23. The smallest absolute Gasteiger partial charge is 0.199 e. The molecule has 0 spiro atoms. The van der Waals surface area contributed by atoms with Gasteiger partial charge in [-0.25, -0.2) is 4.39 Å². The van der Waals surface area contributed by atoms with Crippen molar-refractivity contribution in [3.8, 4) is 5.69 Å². The van der Waals surface area contributed by atoms with Gasteiger partial charge in [0.15, 0.2) is 10.6 Å². The molecule has 0 bridgehead atoms. The van der Waals surface area contributed by atoms with E-state index in [2.05, 4.69) is 10.2 Å². The van der Waals surface area contributed by atoms with Crippen molar-refractivity contribution >= 4 is 12.2 Å². The second-order valence-electron chi connectivity index (χ2n) is 4.34. The molecule has 18 heavy (non-hydrogen) atoms. The van der Waals surface area contributed by atoms with Gasteiger partial charge in [-0.2, -0.15) is 5.10 Å². The molecule has 6 heteroatoms. The molecule has 0 amide bonds. The van der Waals surface area contributed by atoms with Crippen molar-refractivity contribution in [3.63, 3.8) is 0 Å². The van der Waals surface area contributed by atoms with Crippen LogP contribution in [0.2, 0.25) is 0 Å². The monoisotopic (exact) mass is 266 g/mol. The van der Waals surface area contributed by atoms with E-state index in [1.165, 1.54) is 12.1 Å². The van der Waals surface area contributed by atoms with E-state index in [9.17, 15) is 4.39 Å². The van der Waals surface area contributed by atoms with Crippen LogP contribution in [0, 0.1) is 10.6 Å². The van der Waals surface area contributed by atoms with E-state index in [1.54, 1.807) is 12.1 Å². The van der Waals surface area contributed by atoms with Gasteiger partial charge in [0, 0.05) is 5.69 Å². The van der Waals surface area contributed by atoms with Gasteiger partial charge in [0.2, 0.25) is 0 Å². The summed E-state index contributed by atoms with van der Waals surface area (Å²) in [5.41, 5.74) is 0.804. The van der Waals surface area contributed by atoms with Crippen molar-refractivity contribution in [1.82, 2.24) is 19.7 Å². The van der Waals surface area contributed by atoms with Gasteiger partial charge in [-0.1, -0.05) is 0 Å². The number of H-pyrrole nitrogens is 1. The molecule has 0 aliphatic rings. The summed E-state index contributed by atoms with van der Waals surface area (Å²) in [4.78, 5) is 2.03. The number of hydrogen-bond acceptors (Lipinski definition) is 3. The highest BCUT2D eigenvalue weighted by Gasteiger charge is 2.17. The second-order valence-corrected chi connectivity index (χ2v) is 4.73. The third-order valence-corrected chi connectivity index (χ3v) is 3.21. The number of aromatic nitrogens is 3. The molecule has 1 aromatic heterocycles. The van der Waals surface area contributed by atoms with Crippen LogP contribution in [0.4, 0.5) is 4.39 Å². The van der Waals surface area contributed by atoms with Crippen LogP contribution in [0.3, 0.4) is 0 Å². The quantitative estimate of drug-likeness (QED) is 0.868. The first-order chi connectivity index (χ1) is 8.50. The minimum absolute atomic E-state index is 0.100. The van der Waals surface area contributed by atoms with Gasteiger partial charge in [0.25, 0.3) is 0 Å². The van der Waals surface area contributed by atoms with Crippen LogP contribution < -0.4 is 0 Å². The fraction of sp³-hybridized carbons (Fsp3) is 0.333. The van der Waals surface area contributed by atoms with Gasteiger partial charge in [-0.3, -0.25) is 14.6 Å². The maximum absolute atomic E-state index is 12.9. The average Bonchev–Trinajstić information content (AvgIpc) is 2.71. The van der Waals surface area contributed by atoms with Crippen LogP contribution in [0.15, 0.2) is 24.3 Å². The number of nitrogens with zero attached hydrogens (tertiary/aromatic N) is 3. The van der Waals surface area contributed by atoms with Crippen molar-refractivity contribution < 1.29 is 4.39 Å². The molecule has 0 aliphatic heterocycles. The van der Waals surface area contributed by atoms with Crippen LogP contribution in [-0.2, 0) is 0 Å². The Morgan fingerprint density at radius 2 is 1.94 bits per heavy atom. The Bertz CT molecular complexity index is 585. The standard InChI is InChI=1S/C12H15FN4S/c1-8(16(2)3)11-14-15-12(18)17(11)10-6-4-9(13)5-7-10/h4-8H,1-3H3,(H,15,18)/t8-/m0/s1. The summed E-state index contributed by atoms with van der Waals surface area (Å²) in [6, 6.07) is 6.30. The molecule has 2 rings (SSSR count). The molecule has 0 saturated heterocycles. The largest absolute Gasteiger partial charge is 0.300 e. The lowest BCUT2D eigenvalue weighted by atomic mass is 10.2. The number of rotatable bonds is 3. The summed E-state index contributed by atoms with van der Waals surface area (Å²) < 4.78 is 15.3. The van der Waals surface area contributed by atoms with Gasteiger partial charge in [-0.05, 0) is 57.5 Å². The summed E-state index contributed by atoms with van der Waals surface area (Å²) in [5.74, 6) is 0.535. The van der Waals surface area contributed by atoms with Crippen molar-refractivity contribution in [3.05, 3.63) is 40.7 Å². The first kappa shape index (κ1) is 12.9. The first-order valence-corrected chi connectivity index (χ1v) is 6.01. The van der Waals surface area contributed by atoms with Crippen molar-refractivity contribution in [2.24, 2.45) is 0 Å². The van der Waals surface area contributed by atoms with Crippen LogP contribution in [0.1, 0.15) is 18.8 Å². The molecule has 1 aromatic carbocycles. The lowest BCUT2D eigenvalue weighted by molar-refractivity contribution is 0.305. The van der Waals surface area contributed by atoms with E-state index in [-0.39, 0.29) is 11.9 Å². The highest BCUT2D eigenvalue weighted by Crippen LogP contribution is 2.19. The Labute approximate surface area is 110 Å². The van der Waals surface area contributed by atoms with Gasteiger partial charge >= 0.3 is 0 Å². The molecule has 0 saturated carbocycles. The summed E-state index contributed by atoms with van der Waals surface area (Å²) in [6.07, 6.45) is 0. The predicted molar refractivity (Wildman–Crippen MR) is 70.8 cm³/mol. The Balaban J connectivity index is 2.53. The zero-order valence-electron chi connectivity index (χ0n) is 10.5. The number of nitrogens with one attached hydrogen (secondary N) is 1. The van der Waals surface area contributed by atoms with Crippen molar-refractivity contribution in [1.29, 1.82) is 0 Å². The Hall–Kier alpha value is -1.53. The van der Waals surface area contributed by atoms with Gasteiger partial charge < -0.3 is 0 Å². The second kappa shape index (κ2) is 4.99. The van der Waals surface area contributed by atoms with Gasteiger partial charge in [0.1, 0.15) is 5.82 Å². The van der Waals surface area contributed by atoms with E-state index in [1.807, 2.05) is 30.5 Å². The van der Waals surface area contributed by atoms with E-state index in [0.29, 0.717) is 4.77 Å².